The maximum atomic E-state index is 12.1. The Balaban J connectivity index is 1.88. The van der Waals surface area contributed by atoms with E-state index in [0.717, 1.165) is 0 Å². The third kappa shape index (κ3) is 6.47. The molecule has 0 aliphatic rings. The topological polar surface area (TPSA) is 93.7 Å². The maximum absolute atomic E-state index is 12.1. The summed E-state index contributed by atoms with van der Waals surface area (Å²) >= 11 is 0. The second-order valence-corrected chi connectivity index (χ2v) is 5.70. The van der Waals surface area contributed by atoms with E-state index in [1.807, 2.05) is 18.2 Å². The number of likely N-dealkylation sites (N-methyl/N-ethyl adjacent to an activating group) is 1. The van der Waals surface area contributed by atoms with Gasteiger partial charge in [0.05, 0.1) is 5.56 Å². The van der Waals surface area contributed by atoms with Crippen molar-refractivity contribution in [1.29, 1.82) is 0 Å². The van der Waals surface area contributed by atoms with Crippen LogP contribution in [0.2, 0.25) is 0 Å². The Morgan fingerprint density at radius 3 is 2.41 bits per heavy atom. The van der Waals surface area contributed by atoms with Gasteiger partial charge in [0.15, 0.2) is 6.61 Å². The highest BCUT2D eigenvalue weighted by molar-refractivity contribution is 5.92. The number of rotatable bonds is 8. The molecular formula is C20H22N2O5. The lowest BCUT2D eigenvalue weighted by Crippen LogP contribution is -2.46. The number of amides is 2. The summed E-state index contributed by atoms with van der Waals surface area (Å²) in [7, 11) is 0. The zero-order valence-electron chi connectivity index (χ0n) is 15.2. The van der Waals surface area contributed by atoms with Gasteiger partial charge in [-0.3, -0.25) is 9.59 Å². The third-order valence-electron chi connectivity index (χ3n) is 3.50. The number of carbonyl (C=O) groups is 3. The Hall–Kier alpha value is -3.35. The molecule has 0 aliphatic carbocycles. The molecule has 7 nitrogen and oxygen atoms in total. The summed E-state index contributed by atoms with van der Waals surface area (Å²) in [5.41, 5.74) is 0.257. The molecule has 2 aromatic rings. The lowest BCUT2D eigenvalue weighted by molar-refractivity contribution is -0.130. The fourth-order valence-corrected chi connectivity index (χ4v) is 2.20. The molecule has 2 N–H and O–H groups in total. The normalized spacial score (nSPS) is 11.2. The van der Waals surface area contributed by atoms with Gasteiger partial charge in [0.25, 0.3) is 5.91 Å². The van der Waals surface area contributed by atoms with Crippen LogP contribution in [0, 0.1) is 0 Å². The van der Waals surface area contributed by atoms with Gasteiger partial charge in [-0.15, -0.1) is 0 Å². The predicted octanol–water partition coefficient (Wildman–Crippen LogP) is 2.28. The van der Waals surface area contributed by atoms with Gasteiger partial charge in [0.1, 0.15) is 17.5 Å². The smallest absolute Gasteiger partial charge is 0.338 e. The molecule has 2 amide bonds. The number of nitrogens with one attached hydrogen (secondary N) is 2. The van der Waals surface area contributed by atoms with Crippen molar-refractivity contribution in [2.24, 2.45) is 0 Å². The van der Waals surface area contributed by atoms with Gasteiger partial charge in [-0.25, -0.2) is 4.79 Å². The molecule has 142 valence electrons. The molecule has 0 bridgehead atoms. The van der Waals surface area contributed by atoms with Gasteiger partial charge in [-0.2, -0.15) is 0 Å². The predicted molar refractivity (Wildman–Crippen MR) is 99.5 cm³/mol. The molecule has 0 saturated carbocycles. The van der Waals surface area contributed by atoms with E-state index in [1.165, 1.54) is 6.07 Å². The summed E-state index contributed by atoms with van der Waals surface area (Å²) in [6.45, 7) is 3.32. The maximum Gasteiger partial charge on any atom is 0.338 e. The van der Waals surface area contributed by atoms with Crippen molar-refractivity contribution in [2.45, 2.75) is 19.9 Å². The first-order valence-corrected chi connectivity index (χ1v) is 8.56. The fourth-order valence-electron chi connectivity index (χ4n) is 2.20. The largest absolute Gasteiger partial charge is 0.457 e. The van der Waals surface area contributed by atoms with Gasteiger partial charge in [0.2, 0.25) is 5.91 Å². The van der Waals surface area contributed by atoms with Crippen LogP contribution in [0.3, 0.4) is 0 Å². The van der Waals surface area contributed by atoms with E-state index in [0.29, 0.717) is 18.0 Å². The summed E-state index contributed by atoms with van der Waals surface area (Å²) in [5.74, 6) is -0.400. The van der Waals surface area contributed by atoms with E-state index < -0.39 is 24.5 Å². The van der Waals surface area contributed by atoms with Crippen LogP contribution in [0.1, 0.15) is 24.2 Å². The molecular weight excluding hydrogens is 348 g/mol. The summed E-state index contributed by atoms with van der Waals surface area (Å²) in [5, 5.41) is 5.05. The van der Waals surface area contributed by atoms with Crippen LogP contribution in [0.5, 0.6) is 11.5 Å². The number of benzene rings is 2. The number of hydrogen-bond acceptors (Lipinski definition) is 5. The van der Waals surface area contributed by atoms with Crippen molar-refractivity contribution in [1.82, 2.24) is 10.6 Å². The van der Waals surface area contributed by atoms with E-state index >= 15 is 0 Å². The highest BCUT2D eigenvalue weighted by Crippen LogP contribution is 2.22. The van der Waals surface area contributed by atoms with Crippen LogP contribution in [-0.4, -0.2) is 37.0 Å². The average Bonchev–Trinajstić information content (AvgIpc) is 2.67. The molecule has 2 aromatic carbocycles. The lowest BCUT2D eigenvalue weighted by Gasteiger charge is -2.13. The Morgan fingerprint density at radius 2 is 1.70 bits per heavy atom. The lowest BCUT2D eigenvalue weighted by atomic mass is 10.2. The fraction of sp³-hybridized carbons (Fsp3) is 0.250. The van der Waals surface area contributed by atoms with Crippen molar-refractivity contribution >= 4 is 17.8 Å². The summed E-state index contributed by atoms with van der Waals surface area (Å²) in [6.07, 6.45) is 0. The Morgan fingerprint density at radius 1 is 1.00 bits per heavy atom. The first-order chi connectivity index (χ1) is 13.0. The standard InChI is InChI=1S/C20H22N2O5/c1-3-21-19(24)14(2)22-18(23)13-26-20(25)15-8-7-11-17(12-15)27-16-9-5-4-6-10-16/h4-12,14H,3,13H2,1-2H3,(H,21,24)(H,22,23)/t14-/m0/s1. The molecule has 0 aliphatic heterocycles. The van der Waals surface area contributed by atoms with Gasteiger partial charge in [0, 0.05) is 6.54 Å². The minimum absolute atomic E-state index is 0.257. The van der Waals surface area contributed by atoms with E-state index in [4.69, 9.17) is 9.47 Å². The van der Waals surface area contributed by atoms with E-state index in [2.05, 4.69) is 10.6 Å². The summed E-state index contributed by atoms with van der Waals surface area (Å²) in [6, 6.07) is 14.9. The van der Waals surface area contributed by atoms with Crippen molar-refractivity contribution in [3.63, 3.8) is 0 Å². The van der Waals surface area contributed by atoms with Crippen molar-refractivity contribution in [3.05, 3.63) is 60.2 Å². The molecule has 0 radical (unpaired) electrons. The van der Waals surface area contributed by atoms with Gasteiger partial charge >= 0.3 is 5.97 Å². The molecule has 7 heteroatoms. The first-order valence-electron chi connectivity index (χ1n) is 8.56. The van der Waals surface area contributed by atoms with Crippen molar-refractivity contribution in [2.75, 3.05) is 13.2 Å². The van der Waals surface area contributed by atoms with Crippen LogP contribution in [-0.2, 0) is 14.3 Å². The monoisotopic (exact) mass is 370 g/mol. The van der Waals surface area contributed by atoms with Crippen LogP contribution in [0.4, 0.5) is 0 Å². The van der Waals surface area contributed by atoms with Crippen molar-refractivity contribution in [3.8, 4) is 11.5 Å². The quantitative estimate of drug-likeness (QED) is 0.696. The molecule has 0 unspecified atom stereocenters. The molecule has 0 fully saturated rings. The number of esters is 1. The van der Waals surface area contributed by atoms with E-state index in [9.17, 15) is 14.4 Å². The van der Waals surface area contributed by atoms with Gasteiger partial charge < -0.3 is 20.1 Å². The minimum atomic E-state index is -0.709. The number of para-hydroxylation sites is 1. The van der Waals surface area contributed by atoms with Crippen LogP contribution in [0.15, 0.2) is 54.6 Å². The van der Waals surface area contributed by atoms with Crippen LogP contribution < -0.4 is 15.4 Å². The molecule has 0 spiro atoms. The minimum Gasteiger partial charge on any atom is -0.457 e. The second kappa shape index (κ2) is 9.96. The van der Waals surface area contributed by atoms with Gasteiger partial charge in [-0.1, -0.05) is 24.3 Å². The van der Waals surface area contributed by atoms with Crippen LogP contribution in [0.25, 0.3) is 0 Å². The Labute approximate surface area is 157 Å². The molecule has 2 rings (SSSR count). The number of ether oxygens (including phenoxy) is 2. The SMILES string of the molecule is CCNC(=O)[C@H](C)NC(=O)COC(=O)c1cccc(Oc2ccccc2)c1. The third-order valence-corrected chi connectivity index (χ3v) is 3.50. The molecule has 0 heterocycles. The first kappa shape index (κ1) is 20.0. The average molecular weight is 370 g/mol. The van der Waals surface area contributed by atoms with E-state index in [1.54, 1.807) is 44.2 Å². The summed E-state index contributed by atoms with van der Waals surface area (Å²) < 4.78 is 10.7. The van der Waals surface area contributed by atoms with E-state index in [-0.39, 0.29) is 11.5 Å². The zero-order chi connectivity index (χ0) is 19.6. The van der Waals surface area contributed by atoms with Crippen LogP contribution >= 0.6 is 0 Å². The Kier molecular flexibility index (Phi) is 7.37. The summed E-state index contributed by atoms with van der Waals surface area (Å²) in [4.78, 5) is 35.5. The molecule has 27 heavy (non-hydrogen) atoms. The number of hydrogen-bond donors (Lipinski definition) is 2. The molecule has 0 saturated heterocycles. The zero-order valence-corrected chi connectivity index (χ0v) is 15.2. The molecule has 0 aromatic heterocycles. The highest BCUT2D eigenvalue weighted by atomic mass is 16.5. The van der Waals surface area contributed by atoms with Gasteiger partial charge in [-0.05, 0) is 44.2 Å². The highest BCUT2D eigenvalue weighted by Gasteiger charge is 2.16. The molecule has 1 atom stereocenters. The second-order valence-electron chi connectivity index (χ2n) is 5.70. The number of carbonyl (C=O) groups excluding carboxylic acids is 3. The Bertz CT molecular complexity index is 792. The van der Waals surface area contributed by atoms with Crippen molar-refractivity contribution < 1.29 is 23.9 Å².